The summed E-state index contributed by atoms with van der Waals surface area (Å²) < 4.78 is 14.2. The Balaban J connectivity index is 1.80. The van der Waals surface area contributed by atoms with Gasteiger partial charge in [-0.1, -0.05) is 77.9 Å². The summed E-state index contributed by atoms with van der Waals surface area (Å²) >= 11 is 0. The van der Waals surface area contributed by atoms with E-state index in [9.17, 15) is 5.26 Å². The first-order valence-electron chi connectivity index (χ1n) is 11.6. The number of nitrogens with zero attached hydrogens (tertiary/aromatic N) is 2. The van der Waals surface area contributed by atoms with E-state index in [1.165, 1.54) is 11.1 Å². The highest BCUT2D eigenvalue weighted by atomic mass is 16.5. The third-order valence-electron chi connectivity index (χ3n) is 6.26. The molecule has 5 aromatic rings. The molecule has 0 amide bonds. The number of hydrogen-bond donors (Lipinski definition) is 0. The number of methoxy groups -OCH3 is 1. The molecule has 0 fully saturated rings. The van der Waals surface area contributed by atoms with E-state index in [-0.39, 0.29) is 0 Å². The lowest BCUT2D eigenvalue weighted by molar-refractivity contribution is 0.301. The zero-order valence-corrected chi connectivity index (χ0v) is 20.1. The van der Waals surface area contributed by atoms with Crippen molar-refractivity contribution in [3.63, 3.8) is 0 Å². The summed E-state index contributed by atoms with van der Waals surface area (Å²) in [4.78, 5) is 0. The summed E-state index contributed by atoms with van der Waals surface area (Å²) in [5.74, 6) is 1.46. The standard InChI is InChI=1S/C31H26N2O2/c1-21-10-14-23(15-11-21)28-29(24-16-12-22(2)13-17-24)33-18-6-8-25(19-32)30(33)31(28)35-20-26-7-4-5-9-27(26)34-3/h4-18H,20H2,1-3H3. The van der Waals surface area contributed by atoms with Crippen molar-refractivity contribution in [2.45, 2.75) is 20.5 Å². The maximum Gasteiger partial charge on any atom is 0.155 e. The van der Waals surface area contributed by atoms with Gasteiger partial charge in [-0.15, -0.1) is 0 Å². The van der Waals surface area contributed by atoms with E-state index >= 15 is 0 Å². The number of rotatable bonds is 6. The van der Waals surface area contributed by atoms with Gasteiger partial charge in [-0.05, 0) is 43.2 Å². The number of benzene rings is 3. The van der Waals surface area contributed by atoms with Gasteiger partial charge in [-0.25, -0.2) is 0 Å². The Labute approximate surface area is 205 Å². The number of para-hydroxylation sites is 1. The number of pyridine rings is 1. The van der Waals surface area contributed by atoms with Crippen LogP contribution in [0.25, 0.3) is 27.9 Å². The monoisotopic (exact) mass is 458 g/mol. The van der Waals surface area contributed by atoms with Crippen molar-refractivity contribution < 1.29 is 9.47 Å². The van der Waals surface area contributed by atoms with E-state index in [4.69, 9.17) is 9.47 Å². The van der Waals surface area contributed by atoms with Crippen LogP contribution in [0.2, 0.25) is 0 Å². The normalized spacial score (nSPS) is 10.8. The zero-order valence-electron chi connectivity index (χ0n) is 20.1. The third-order valence-corrected chi connectivity index (χ3v) is 6.26. The fraction of sp³-hybridized carbons (Fsp3) is 0.129. The quantitative estimate of drug-likeness (QED) is 0.267. The number of aromatic nitrogens is 1. The predicted molar refractivity (Wildman–Crippen MR) is 140 cm³/mol. The minimum atomic E-state index is 0.315. The van der Waals surface area contributed by atoms with Crippen molar-refractivity contribution in [2.75, 3.05) is 7.11 Å². The lowest BCUT2D eigenvalue weighted by Crippen LogP contribution is -1.99. The molecule has 0 saturated heterocycles. The minimum absolute atomic E-state index is 0.315. The minimum Gasteiger partial charge on any atom is -0.496 e. The molecule has 0 saturated carbocycles. The number of fused-ring (bicyclic) bond motifs is 1. The third kappa shape index (κ3) is 4.13. The van der Waals surface area contributed by atoms with Crippen molar-refractivity contribution in [3.8, 4) is 40.0 Å². The fourth-order valence-electron chi connectivity index (χ4n) is 4.46. The van der Waals surface area contributed by atoms with E-state index in [1.54, 1.807) is 7.11 Å². The Morgan fingerprint density at radius 3 is 2.11 bits per heavy atom. The first-order chi connectivity index (χ1) is 17.1. The van der Waals surface area contributed by atoms with Gasteiger partial charge in [0.2, 0.25) is 0 Å². The summed E-state index contributed by atoms with van der Waals surface area (Å²) in [6, 6.07) is 30.8. The molecule has 0 unspecified atom stereocenters. The lowest BCUT2D eigenvalue weighted by atomic mass is 9.99. The van der Waals surface area contributed by atoms with Crippen molar-refractivity contribution in [1.82, 2.24) is 4.40 Å². The SMILES string of the molecule is COc1ccccc1COc1c(-c2ccc(C)cc2)c(-c2ccc(C)cc2)n2cccc(C#N)c12. The van der Waals surface area contributed by atoms with Crippen LogP contribution < -0.4 is 9.47 Å². The van der Waals surface area contributed by atoms with E-state index in [2.05, 4.69) is 72.8 Å². The molecule has 3 aromatic carbocycles. The molecule has 2 heterocycles. The van der Waals surface area contributed by atoms with Gasteiger partial charge >= 0.3 is 0 Å². The van der Waals surface area contributed by atoms with Crippen molar-refractivity contribution in [1.29, 1.82) is 5.26 Å². The Kier molecular flexibility index (Phi) is 5.99. The number of ether oxygens (including phenoxy) is 2. The molecule has 0 N–H and O–H groups in total. The Bertz CT molecular complexity index is 1540. The Hall–Kier alpha value is -4.49. The average Bonchev–Trinajstić information content (AvgIpc) is 3.23. The van der Waals surface area contributed by atoms with Crippen LogP contribution in [-0.4, -0.2) is 11.5 Å². The highest BCUT2D eigenvalue weighted by Crippen LogP contribution is 2.46. The largest absolute Gasteiger partial charge is 0.496 e. The average molecular weight is 459 g/mol. The topological polar surface area (TPSA) is 46.7 Å². The van der Waals surface area contributed by atoms with Gasteiger partial charge in [0.15, 0.2) is 5.75 Å². The summed E-state index contributed by atoms with van der Waals surface area (Å²) in [5, 5.41) is 10.0. The molecule has 0 bridgehead atoms. The van der Waals surface area contributed by atoms with Gasteiger partial charge in [-0.2, -0.15) is 5.26 Å². The van der Waals surface area contributed by atoms with Crippen LogP contribution in [0, 0.1) is 25.2 Å². The summed E-state index contributed by atoms with van der Waals surface area (Å²) in [7, 11) is 1.66. The highest BCUT2D eigenvalue weighted by molar-refractivity contribution is 5.95. The molecular weight excluding hydrogens is 432 g/mol. The van der Waals surface area contributed by atoms with E-state index < -0.39 is 0 Å². The molecule has 35 heavy (non-hydrogen) atoms. The maximum atomic E-state index is 10.0. The van der Waals surface area contributed by atoms with Crippen LogP contribution >= 0.6 is 0 Å². The fourth-order valence-corrected chi connectivity index (χ4v) is 4.46. The molecule has 0 atom stereocenters. The van der Waals surface area contributed by atoms with Crippen molar-refractivity contribution in [3.05, 3.63) is 113 Å². The van der Waals surface area contributed by atoms with Crippen LogP contribution in [0.3, 0.4) is 0 Å². The van der Waals surface area contributed by atoms with Gasteiger partial charge in [0.1, 0.15) is 23.9 Å². The van der Waals surface area contributed by atoms with Crippen molar-refractivity contribution >= 4 is 5.52 Å². The van der Waals surface area contributed by atoms with Crippen LogP contribution in [-0.2, 0) is 6.61 Å². The van der Waals surface area contributed by atoms with Crippen LogP contribution in [0.15, 0.2) is 91.1 Å². The second-order valence-corrected chi connectivity index (χ2v) is 8.64. The van der Waals surface area contributed by atoms with Crippen molar-refractivity contribution in [2.24, 2.45) is 0 Å². The molecule has 0 radical (unpaired) electrons. The first-order valence-corrected chi connectivity index (χ1v) is 11.6. The molecule has 0 aliphatic heterocycles. The molecule has 4 heteroatoms. The molecular formula is C31H26N2O2. The van der Waals surface area contributed by atoms with Gasteiger partial charge in [0.25, 0.3) is 0 Å². The lowest BCUT2D eigenvalue weighted by Gasteiger charge is -2.13. The van der Waals surface area contributed by atoms with Gasteiger partial charge in [-0.3, -0.25) is 0 Å². The number of nitriles is 1. The zero-order chi connectivity index (χ0) is 24.4. The molecule has 0 spiro atoms. The van der Waals surface area contributed by atoms with Gasteiger partial charge in [0, 0.05) is 11.8 Å². The molecule has 4 nitrogen and oxygen atoms in total. The van der Waals surface area contributed by atoms with Gasteiger partial charge in [0.05, 0.1) is 23.9 Å². The Morgan fingerprint density at radius 1 is 0.800 bits per heavy atom. The molecule has 5 rings (SSSR count). The predicted octanol–water partition coefficient (Wildman–Crippen LogP) is 7.35. The maximum absolute atomic E-state index is 10.0. The first kappa shape index (κ1) is 22.3. The van der Waals surface area contributed by atoms with E-state index in [0.29, 0.717) is 17.9 Å². The molecule has 2 aromatic heterocycles. The smallest absolute Gasteiger partial charge is 0.155 e. The van der Waals surface area contributed by atoms with Gasteiger partial charge < -0.3 is 13.9 Å². The number of hydrogen-bond acceptors (Lipinski definition) is 3. The summed E-state index contributed by atoms with van der Waals surface area (Å²) in [6.07, 6.45) is 2.00. The summed E-state index contributed by atoms with van der Waals surface area (Å²) in [6.45, 7) is 4.47. The molecule has 0 aliphatic carbocycles. The van der Waals surface area contributed by atoms with Crippen LogP contribution in [0.4, 0.5) is 0 Å². The number of aryl methyl sites for hydroxylation is 2. The second kappa shape index (κ2) is 9.40. The second-order valence-electron chi connectivity index (χ2n) is 8.64. The highest BCUT2D eigenvalue weighted by Gasteiger charge is 2.24. The van der Waals surface area contributed by atoms with Crippen LogP contribution in [0.1, 0.15) is 22.3 Å². The van der Waals surface area contributed by atoms with E-state index in [1.807, 2.05) is 42.6 Å². The van der Waals surface area contributed by atoms with E-state index in [0.717, 1.165) is 39.2 Å². The van der Waals surface area contributed by atoms with Crippen LogP contribution in [0.5, 0.6) is 11.5 Å². The Morgan fingerprint density at radius 2 is 1.46 bits per heavy atom. The summed E-state index contributed by atoms with van der Waals surface area (Å²) in [5.41, 5.74) is 8.70. The molecule has 0 aliphatic rings. The molecule has 172 valence electrons.